The number of piperidine rings is 1. The first-order valence-corrected chi connectivity index (χ1v) is 11.2. The molecule has 32 heavy (non-hydrogen) atoms. The van der Waals surface area contributed by atoms with E-state index in [1.807, 2.05) is 37.3 Å². The Morgan fingerprint density at radius 3 is 2.62 bits per heavy atom. The second kappa shape index (κ2) is 8.63. The Kier molecular flexibility index (Phi) is 5.53. The molecule has 164 valence electrons. The van der Waals surface area contributed by atoms with Gasteiger partial charge in [-0.25, -0.2) is 4.99 Å². The Bertz CT molecular complexity index is 1160. The third-order valence-corrected chi connectivity index (χ3v) is 6.32. The molecule has 6 nitrogen and oxygen atoms in total. The average Bonchev–Trinajstić information content (AvgIpc) is 3.36. The Balaban J connectivity index is 1.48. The lowest BCUT2D eigenvalue weighted by Gasteiger charge is -2.26. The van der Waals surface area contributed by atoms with Crippen LogP contribution in [0.3, 0.4) is 0 Å². The Labute approximate surface area is 188 Å². The summed E-state index contributed by atoms with van der Waals surface area (Å²) in [5, 5.41) is 2.94. The van der Waals surface area contributed by atoms with Crippen LogP contribution in [0.15, 0.2) is 64.2 Å². The highest BCUT2D eigenvalue weighted by molar-refractivity contribution is 6.23. The number of nitrogens with zero attached hydrogens (tertiary/aromatic N) is 2. The fourth-order valence-electron chi connectivity index (χ4n) is 4.62. The van der Waals surface area contributed by atoms with Crippen molar-refractivity contribution in [2.75, 3.05) is 24.1 Å². The van der Waals surface area contributed by atoms with Crippen LogP contribution in [0.5, 0.6) is 0 Å². The normalized spacial score (nSPS) is 19.1. The quantitative estimate of drug-likeness (QED) is 0.442. The molecule has 1 fully saturated rings. The minimum atomic E-state index is -0.552. The number of nitrogens with one attached hydrogen (secondary N) is 1. The first kappa shape index (κ1) is 20.5. The van der Waals surface area contributed by atoms with Crippen molar-refractivity contribution in [2.24, 2.45) is 4.99 Å². The number of nitrogens with two attached hydrogens (primary N) is 1. The van der Waals surface area contributed by atoms with Gasteiger partial charge in [0.2, 0.25) is 5.91 Å². The van der Waals surface area contributed by atoms with Crippen LogP contribution in [0.1, 0.15) is 47.6 Å². The molecule has 1 saturated heterocycles. The van der Waals surface area contributed by atoms with E-state index in [1.54, 1.807) is 12.3 Å². The molecule has 0 saturated carbocycles. The summed E-state index contributed by atoms with van der Waals surface area (Å²) in [5.74, 6) is -0.0439. The van der Waals surface area contributed by atoms with Crippen LogP contribution in [0.2, 0.25) is 0 Å². The topological polar surface area (TPSA) is 83.9 Å². The maximum atomic E-state index is 13.0. The lowest BCUT2D eigenvalue weighted by atomic mass is 9.92. The first-order valence-electron chi connectivity index (χ1n) is 11.2. The molecule has 1 amide bonds. The first-order chi connectivity index (χ1) is 15.6. The molecule has 3 N–H and O–H groups in total. The molecule has 6 heteroatoms. The predicted molar refractivity (Wildman–Crippen MR) is 127 cm³/mol. The highest BCUT2D eigenvalue weighted by Crippen LogP contribution is 2.38. The Morgan fingerprint density at radius 1 is 1.12 bits per heavy atom. The monoisotopic (exact) mass is 428 g/mol. The summed E-state index contributed by atoms with van der Waals surface area (Å²) in [6.07, 6.45) is 5.54. The number of nitrogen functional groups attached to an aromatic ring is 1. The molecule has 1 unspecified atom stereocenters. The molecule has 5 rings (SSSR count). The number of fused-ring (bicyclic) bond motifs is 1. The molecule has 3 heterocycles. The van der Waals surface area contributed by atoms with E-state index in [9.17, 15) is 4.79 Å². The third kappa shape index (κ3) is 4.06. The molecule has 1 aromatic heterocycles. The minimum absolute atomic E-state index is 0.123. The molecular formula is C26H28N4O2. The van der Waals surface area contributed by atoms with Gasteiger partial charge < -0.3 is 15.5 Å². The van der Waals surface area contributed by atoms with Gasteiger partial charge in [-0.05, 0) is 79.9 Å². The van der Waals surface area contributed by atoms with Crippen molar-refractivity contribution in [2.45, 2.75) is 38.6 Å². The maximum Gasteiger partial charge on any atom is 0.238 e. The number of benzene rings is 2. The van der Waals surface area contributed by atoms with Gasteiger partial charge in [0.25, 0.3) is 0 Å². The second-order valence-corrected chi connectivity index (χ2v) is 8.70. The molecule has 2 aromatic carbocycles. The summed E-state index contributed by atoms with van der Waals surface area (Å²) >= 11 is 0. The number of rotatable bonds is 5. The SMILES string of the molecule is Cc1ccoc1C(=Nc1ccc(CN2CCCCC2)cc1)C1C(=O)Nc2cc(N)ccc21. The summed E-state index contributed by atoms with van der Waals surface area (Å²) < 4.78 is 5.78. The van der Waals surface area contributed by atoms with E-state index in [4.69, 9.17) is 15.1 Å². The molecule has 2 aliphatic heterocycles. The van der Waals surface area contributed by atoms with Crippen molar-refractivity contribution >= 4 is 28.7 Å². The van der Waals surface area contributed by atoms with E-state index < -0.39 is 5.92 Å². The molecule has 2 aliphatic rings. The molecule has 1 atom stereocenters. The van der Waals surface area contributed by atoms with Crippen molar-refractivity contribution in [3.63, 3.8) is 0 Å². The standard InChI is InChI=1S/C26H28N4O2/c1-17-11-14-32-25(17)24(23-21-10-7-19(27)15-22(21)29-26(23)31)28-20-8-5-18(6-9-20)16-30-12-3-2-4-13-30/h5-11,14-15,23H,2-4,12-13,16,27H2,1H3,(H,29,31). The van der Waals surface area contributed by atoms with Crippen molar-refractivity contribution in [3.8, 4) is 0 Å². The van der Waals surface area contributed by atoms with E-state index in [2.05, 4.69) is 22.3 Å². The van der Waals surface area contributed by atoms with Gasteiger partial charge in [-0.2, -0.15) is 0 Å². The Morgan fingerprint density at radius 2 is 1.91 bits per heavy atom. The second-order valence-electron chi connectivity index (χ2n) is 8.70. The van der Waals surface area contributed by atoms with Crippen molar-refractivity contribution in [3.05, 3.63) is 77.2 Å². The minimum Gasteiger partial charge on any atom is -0.463 e. The van der Waals surface area contributed by atoms with E-state index >= 15 is 0 Å². The van der Waals surface area contributed by atoms with E-state index in [1.165, 1.54) is 37.9 Å². The maximum absolute atomic E-state index is 13.0. The average molecular weight is 429 g/mol. The zero-order valence-electron chi connectivity index (χ0n) is 18.3. The summed E-state index contributed by atoms with van der Waals surface area (Å²) in [5.41, 5.74) is 11.8. The highest BCUT2D eigenvalue weighted by Gasteiger charge is 2.37. The van der Waals surface area contributed by atoms with Gasteiger partial charge in [0.1, 0.15) is 11.6 Å². The van der Waals surface area contributed by atoms with Crippen LogP contribution in [-0.2, 0) is 11.3 Å². The van der Waals surface area contributed by atoms with Gasteiger partial charge in [0, 0.05) is 17.9 Å². The summed E-state index contributed by atoms with van der Waals surface area (Å²) in [6.45, 7) is 5.27. The number of aryl methyl sites for hydroxylation is 1. The number of aliphatic imine (C=N–C) groups is 1. The van der Waals surface area contributed by atoms with Crippen LogP contribution >= 0.6 is 0 Å². The Hall–Kier alpha value is -3.38. The summed E-state index contributed by atoms with van der Waals surface area (Å²) in [4.78, 5) is 20.4. The molecule has 0 radical (unpaired) electrons. The van der Waals surface area contributed by atoms with Gasteiger partial charge in [-0.15, -0.1) is 0 Å². The smallest absolute Gasteiger partial charge is 0.238 e. The van der Waals surface area contributed by atoms with Gasteiger partial charge in [0.15, 0.2) is 5.76 Å². The van der Waals surface area contributed by atoms with Gasteiger partial charge >= 0.3 is 0 Å². The molecule has 3 aromatic rings. The van der Waals surface area contributed by atoms with E-state index in [0.29, 0.717) is 17.2 Å². The zero-order chi connectivity index (χ0) is 22.1. The van der Waals surface area contributed by atoms with Gasteiger partial charge in [-0.1, -0.05) is 24.6 Å². The third-order valence-electron chi connectivity index (χ3n) is 6.32. The van der Waals surface area contributed by atoms with Crippen molar-refractivity contribution < 1.29 is 9.21 Å². The van der Waals surface area contributed by atoms with Crippen LogP contribution in [-0.4, -0.2) is 29.6 Å². The van der Waals surface area contributed by atoms with Crippen molar-refractivity contribution in [1.29, 1.82) is 0 Å². The van der Waals surface area contributed by atoms with Gasteiger partial charge in [0.05, 0.1) is 12.0 Å². The summed E-state index contributed by atoms with van der Waals surface area (Å²) in [7, 11) is 0. The number of anilines is 2. The predicted octanol–water partition coefficient (Wildman–Crippen LogP) is 5.01. The number of carbonyl (C=O) groups is 1. The molecule has 0 spiro atoms. The largest absolute Gasteiger partial charge is 0.463 e. The number of likely N-dealkylation sites (tertiary alicyclic amines) is 1. The lowest BCUT2D eigenvalue weighted by Crippen LogP contribution is -2.28. The van der Waals surface area contributed by atoms with Crippen LogP contribution < -0.4 is 11.1 Å². The van der Waals surface area contributed by atoms with E-state index in [0.717, 1.165) is 29.0 Å². The molecule has 0 aliphatic carbocycles. The van der Waals surface area contributed by atoms with Gasteiger partial charge in [-0.3, -0.25) is 9.69 Å². The number of amides is 1. The zero-order valence-corrected chi connectivity index (χ0v) is 18.3. The number of hydrogen-bond donors (Lipinski definition) is 2. The summed E-state index contributed by atoms with van der Waals surface area (Å²) in [6, 6.07) is 15.7. The fraction of sp³-hybridized carbons (Fsp3) is 0.308. The molecule has 0 bridgehead atoms. The van der Waals surface area contributed by atoms with Crippen molar-refractivity contribution in [1.82, 2.24) is 4.90 Å². The lowest BCUT2D eigenvalue weighted by molar-refractivity contribution is -0.115. The van der Waals surface area contributed by atoms with E-state index in [-0.39, 0.29) is 5.91 Å². The van der Waals surface area contributed by atoms with Crippen LogP contribution in [0.25, 0.3) is 0 Å². The highest BCUT2D eigenvalue weighted by atomic mass is 16.3. The fourth-order valence-corrected chi connectivity index (χ4v) is 4.62. The number of hydrogen-bond acceptors (Lipinski definition) is 5. The van der Waals surface area contributed by atoms with Crippen LogP contribution in [0, 0.1) is 6.92 Å². The van der Waals surface area contributed by atoms with Crippen LogP contribution in [0.4, 0.5) is 17.1 Å². The molecular weight excluding hydrogens is 400 g/mol. The number of carbonyl (C=O) groups excluding carboxylic acids is 1. The number of furan rings is 1.